The van der Waals surface area contributed by atoms with Crippen LogP contribution in [0.1, 0.15) is 17.5 Å². The molecule has 1 aromatic heterocycles. The predicted molar refractivity (Wildman–Crippen MR) is 114 cm³/mol. The highest BCUT2D eigenvalue weighted by molar-refractivity contribution is 14.0. The van der Waals surface area contributed by atoms with E-state index in [0.717, 1.165) is 42.3 Å². The number of rotatable bonds is 8. The van der Waals surface area contributed by atoms with E-state index >= 15 is 0 Å². The van der Waals surface area contributed by atoms with Gasteiger partial charge in [-0.25, -0.2) is 4.39 Å². The standard InChI is InChI=1S/C17H24FN5S.HI/c1-19-17(20-7-3-9-23-10-4-8-22-23)21-12-14-5-6-16(18)11-15(14)13-24-2;/h4-6,8,10-11H,3,7,9,12-13H2,1-2H3,(H2,19,20,21);1H. The molecular weight excluding hydrogens is 452 g/mol. The van der Waals surface area contributed by atoms with Gasteiger partial charge in [-0.1, -0.05) is 6.07 Å². The molecule has 0 bridgehead atoms. The fourth-order valence-electron chi connectivity index (χ4n) is 2.34. The van der Waals surface area contributed by atoms with Gasteiger partial charge in [0, 0.05) is 44.8 Å². The van der Waals surface area contributed by atoms with Crippen LogP contribution in [0.15, 0.2) is 41.7 Å². The Morgan fingerprint density at radius 3 is 2.84 bits per heavy atom. The Bertz CT molecular complexity index is 648. The number of nitrogens with zero attached hydrogens (tertiary/aromatic N) is 3. The highest BCUT2D eigenvalue weighted by atomic mass is 127. The molecule has 0 aliphatic carbocycles. The number of hydrogen-bond donors (Lipinski definition) is 2. The Kier molecular flexibility index (Phi) is 10.6. The van der Waals surface area contributed by atoms with Crippen molar-refractivity contribution in [2.75, 3.05) is 19.8 Å². The molecule has 2 aromatic rings. The maximum Gasteiger partial charge on any atom is 0.191 e. The average Bonchev–Trinajstić information content (AvgIpc) is 3.09. The van der Waals surface area contributed by atoms with Gasteiger partial charge >= 0.3 is 0 Å². The molecule has 0 saturated heterocycles. The van der Waals surface area contributed by atoms with Gasteiger partial charge < -0.3 is 10.6 Å². The molecule has 2 N–H and O–H groups in total. The third-order valence-corrected chi connectivity index (χ3v) is 4.15. The topological polar surface area (TPSA) is 54.2 Å². The first-order valence-corrected chi connectivity index (χ1v) is 9.30. The normalized spacial score (nSPS) is 11.1. The molecule has 0 aliphatic rings. The zero-order valence-corrected chi connectivity index (χ0v) is 17.7. The van der Waals surface area contributed by atoms with Gasteiger partial charge in [0.15, 0.2) is 5.96 Å². The molecule has 2 rings (SSSR count). The number of aryl methyl sites for hydroxylation is 1. The van der Waals surface area contributed by atoms with E-state index in [4.69, 9.17) is 0 Å². The van der Waals surface area contributed by atoms with Crippen LogP contribution in [0.2, 0.25) is 0 Å². The summed E-state index contributed by atoms with van der Waals surface area (Å²) in [5.74, 6) is 1.35. The second kappa shape index (κ2) is 12.1. The lowest BCUT2D eigenvalue weighted by Gasteiger charge is -2.14. The summed E-state index contributed by atoms with van der Waals surface area (Å²) in [7, 11) is 1.75. The lowest BCUT2D eigenvalue weighted by Crippen LogP contribution is -2.37. The van der Waals surface area contributed by atoms with Gasteiger partial charge in [0.2, 0.25) is 0 Å². The molecule has 25 heavy (non-hydrogen) atoms. The van der Waals surface area contributed by atoms with Crippen LogP contribution in [-0.2, 0) is 18.8 Å². The van der Waals surface area contributed by atoms with Gasteiger partial charge in [0.05, 0.1) is 0 Å². The largest absolute Gasteiger partial charge is 0.356 e. The molecule has 1 aromatic carbocycles. The van der Waals surface area contributed by atoms with E-state index in [1.165, 1.54) is 6.07 Å². The van der Waals surface area contributed by atoms with Crippen molar-refractivity contribution in [3.05, 3.63) is 53.6 Å². The van der Waals surface area contributed by atoms with Gasteiger partial charge in [-0.05, 0) is 42.0 Å². The molecular formula is C17H25FIN5S. The summed E-state index contributed by atoms with van der Waals surface area (Å²) in [5.41, 5.74) is 2.11. The summed E-state index contributed by atoms with van der Waals surface area (Å²) in [6.07, 6.45) is 6.70. The van der Waals surface area contributed by atoms with E-state index in [2.05, 4.69) is 20.7 Å². The predicted octanol–water partition coefficient (Wildman–Crippen LogP) is 3.26. The Balaban J connectivity index is 0.00000312. The molecule has 5 nitrogen and oxygen atoms in total. The van der Waals surface area contributed by atoms with Gasteiger partial charge in [-0.3, -0.25) is 9.67 Å². The SMILES string of the molecule is CN=C(NCCCn1cccn1)NCc1ccc(F)cc1CSC.I. The van der Waals surface area contributed by atoms with E-state index in [-0.39, 0.29) is 29.8 Å². The summed E-state index contributed by atoms with van der Waals surface area (Å²) < 4.78 is 15.3. The van der Waals surface area contributed by atoms with Gasteiger partial charge in [-0.2, -0.15) is 16.9 Å². The maximum absolute atomic E-state index is 13.4. The monoisotopic (exact) mass is 477 g/mol. The summed E-state index contributed by atoms with van der Waals surface area (Å²) in [6.45, 7) is 2.29. The van der Waals surface area contributed by atoms with Crippen molar-refractivity contribution in [2.24, 2.45) is 4.99 Å². The molecule has 0 atom stereocenters. The van der Waals surface area contributed by atoms with E-state index < -0.39 is 0 Å². The van der Waals surface area contributed by atoms with Gasteiger partial charge in [-0.15, -0.1) is 24.0 Å². The molecule has 1 heterocycles. The Morgan fingerprint density at radius 2 is 2.16 bits per heavy atom. The molecule has 0 aliphatic heterocycles. The molecule has 0 spiro atoms. The second-order valence-corrected chi connectivity index (χ2v) is 6.19. The van der Waals surface area contributed by atoms with Crippen molar-refractivity contribution in [3.63, 3.8) is 0 Å². The minimum Gasteiger partial charge on any atom is -0.356 e. The van der Waals surface area contributed by atoms with Crippen molar-refractivity contribution in [1.29, 1.82) is 0 Å². The van der Waals surface area contributed by atoms with Gasteiger partial charge in [0.25, 0.3) is 0 Å². The number of hydrogen-bond acceptors (Lipinski definition) is 3. The third kappa shape index (κ3) is 7.64. The smallest absolute Gasteiger partial charge is 0.191 e. The summed E-state index contributed by atoms with van der Waals surface area (Å²) in [6, 6.07) is 6.86. The van der Waals surface area contributed by atoms with Gasteiger partial charge in [0.1, 0.15) is 5.82 Å². The van der Waals surface area contributed by atoms with E-state index in [0.29, 0.717) is 6.54 Å². The van der Waals surface area contributed by atoms with Crippen LogP contribution in [0.4, 0.5) is 4.39 Å². The Morgan fingerprint density at radius 1 is 1.32 bits per heavy atom. The van der Waals surface area contributed by atoms with Crippen LogP contribution >= 0.6 is 35.7 Å². The number of aliphatic imine (C=N–C) groups is 1. The fourth-order valence-corrected chi connectivity index (χ4v) is 2.92. The molecule has 0 fully saturated rings. The van der Waals surface area contributed by atoms with Crippen molar-refractivity contribution < 1.29 is 4.39 Å². The second-order valence-electron chi connectivity index (χ2n) is 5.32. The van der Waals surface area contributed by atoms with Crippen LogP contribution < -0.4 is 10.6 Å². The maximum atomic E-state index is 13.4. The quantitative estimate of drug-likeness (QED) is 0.265. The van der Waals surface area contributed by atoms with Crippen molar-refractivity contribution in [2.45, 2.75) is 25.3 Å². The zero-order valence-electron chi connectivity index (χ0n) is 14.5. The average molecular weight is 477 g/mol. The van der Waals surface area contributed by atoms with Crippen molar-refractivity contribution in [1.82, 2.24) is 20.4 Å². The molecule has 0 radical (unpaired) electrons. The molecule has 0 saturated carbocycles. The molecule has 0 amide bonds. The highest BCUT2D eigenvalue weighted by Gasteiger charge is 2.05. The first-order chi connectivity index (χ1) is 11.7. The first kappa shape index (κ1) is 21.8. The van der Waals surface area contributed by atoms with Crippen LogP contribution in [0.5, 0.6) is 0 Å². The first-order valence-electron chi connectivity index (χ1n) is 7.91. The number of thioether (sulfide) groups is 1. The van der Waals surface area contributed by atoms with Crippen LogP contribution in [0, 0.1) is 5.82 Å². The zero-order chi connectivity index (χ0) is 17.2. The van der Waals surface area contributed by atoms with Crippen molar-refractivity contribution in [3.8, 4) is 0 Å². The fraction of sp³-hybridized carbons (Fsp3) is 0.412. The van der Waals surface area contributed by atoms with Crippen LogP contribution in [-0.4, -0.2) is 35.6 Å². The Labute approximate surface area is 169 Å². The Hall–Kier alpha value is -1.29. The van der Waals surface area contributed by atoms with Crippen LogP contribution in [0.3, 0.4) is 0 Å². The molecule has 138 valence electrons. The summed E-state index contributed by atoms with van der Waals surface area (Å²) in [5, 5.41) is 10.7. The molecule has 0 unspecified atom stereocenters. The minimum atomic E-state index is -0.191. The third-order valence-electron chi connectivity index (χ3n) is 3.55. The van der Waals surface area contributed by atoms with Crippen LogP contribution in [0.25, 0.3) is 0 Å². The number of nitrogens with one attached hydrogen (secondary N) is 2. The number of aromatic nitrogens is 2. The lowest BCUT2D eigenvalue weighted by molar-refractivity contribution is 0.570. The van der Waals surface area contributed by atoms with E-state index in [9.17, 15) is 4.39 Å². The summed E-state index contributed by atoms with van der Waals surface area (Å²) >= 11 is 1.68. The van der Waals surface area contributed by atoms with Crippen molar-refractivity contribution >= 4 is 41.7 Å². The van der Waals surface area contributed by atoms with E-state index in [1.807, 2.05) is 29.3 Å². The molecule has 8 heteroatoms. The van der Waals surface area contributed by atoms with E-state index in [1.54, 1.807) is 31.1 Å². The number of guanidine groups is 1. The lowest BCUT2D eigenvalue weighted by atomic mass is 10.1. The summed E-state index contributed by atoms with van der Waals surface area (Å²) in [4.78, 5) is 4.22. The number of halogens is 2. The highest BCUT2D eigenvalue weighted by Crippen LogP contribution is 2.16. The number of benzene rings is 1. The minimum absolute atomic E-state index is 0.